The van der Waals surface area contributed by atoms with Gasteiger partial charge in [-0.1, -0.05) is 285 Å². The molecule has 0 aliphatic rings. The molecule has 0 N–H and O–H groups in total. The zero-order valence-corrected chi connectivity index (χ0v) is 50.8. The topological polar surface area (TPSA) is 80.3 Å². The van der Waals surface area contributed by atoms with Gasteiger partial charge in [0, 0.05) is 23.0 Å². The van der Waals surface area contributed by atoms with Gasteiger partial charge >= 0.3 is 19.5 Å². The van der Waals surface area contributed by atoms with Crippen LogP contribution in [0.15, 0.2) is 0 Å². The fraction of sp³-hybridized carbons (Fsp3) is 1.00. The molecule has 0 saturated carbocycles. The quantitative estimate of drug-likeness (QED) is 0.0339. The van der Waals surface area contributed by atoms with Crippen molar-refractivity contribution < 1.29 is 38.4 Å². The van der Waals surface area contributed by atoms with Crippen molar-refractivity contribution in [3.63, 3.8) is 0 Å². The molecule has 0 spiro atoms. The summed E-state index contributed by atoms with van der Waals surface area (Å²) in [6, 6.07) is 0. The first-order valence-corrected chi connectivity index (χ1v) is 37.1. The number of rotatable bonds is 52. The van der Waals surface area contributed by atoms with E-state index < -0.39 is 11.5 Å². The average Bonchev–Trinajstić information content (AvgIpc) is 3.25. The van der Waals surface area contributed by atoms with E-state index in [0.717, 1.165) is 48.7 Å². The minimum absolute atomic E-state index is 0. The Bertz CT molecular complexity index is 803. The van der Waals surface area contributed by atoms with Crippen LogP contribution >= 0.6 is 57.1 Å². The molecule has 0 bridgehead atoms. The molecular weight excluding hydrogens is 944 g/mol. The summed E-state index contributed by atoms with van der Waals surface area (Å²) in [5, 5.41) is 0. The summed E-state index contributed by atoms with van der Waals surface area (Å²) in [7, 11) is 0. The Kier molecular flexibility index (Phi) is 64.9. The molecule has 0 aliphatic carbocycles. The van der Waals surface area contributed by atoms with E-state index in [9.17, 15) is 18.9 Å². The molecule has 0 atom stereocenters. The Hall–Kier alpha value is 2.40. The smallest absolute Gasteiger partial charge is 0.784 e. The average molecular weight is 1050 g/mol. The van der Waals surface area contributed by atoms with Gasteiger partial charge in [0.25, 0.3) is 0 Å². The Labute approximate surface area is 425 Å². The monoisotopic (exact) mass is 1050 g/mol. The normalized spacial score (nSPS) is 11.8. The van der Waals surface area contributed by atoms with Gasteiger partial charge in [0.2, 0.25) is 0 Å². The van der Waals surface area contributed by atoms with Crippen LogP contribution in [0.4, 0.5) is 0 Å². The van der Waals surface area contributed by atoms with Crippen molar-refractivity contribution in [3.05, 3.63) is 0 Å². The molecular formula is C52H108O4P2S4Zn. The molecule has 0 fully saturated rings. The van der Waals surface area contributed by atoms with Gasteiger partial charge in [0.15, 0.2) is 0 Å². The van der Waals surface area contributed by atoms with Crippen molar-refractivity contribution in [3.8, 4) is 0 Å². The number of unbranched alkanes of at least 4 members (excludes halogenated alkanes) is 40. The van der Waals surface area contributed by atoms with Crippen LogP contribution in [-0.4, -0.2) is 23.0 Å². The first-order chi connectivity index (χ1) is 30.2. The fourth-order valence-corrected chi connectivity index (χ4v) is 18.9. The molecule has 0 aliphatic heterocycles. The number of hydrogen-bond acceptors (Lipinski definition) is 8. The molecule has 11 heteroatoms. The third-order valence-corrected chi connectivity index (χ3v) is 24.9. The van der Waals surface area contributed by atoms with E-state index in [4.69, 9.17) is 0 Å². The molecule has 0 unspecified atom stereocenters. The third-order valence-electron chi connectivity index (χ3n) is 12.0. The van der Waals surface area contributed by atoms with E-state index in [1.54, 1.807) is 0 Å². The van der Waals surface area contributed by atoms with E-state index >= 15 is 0 Å². The summed E-state index contributed by atoms with van der Waals surface area (Å²) in [5.41, 5.74) is 0. The third kappa shape index (κ3) is 64.4. The van der Waals surface area contributed by atoms with E-state index in [0.29, 0.717) is 0 Å². The molecule has 0 aromatic heterocycles. The van der Waals surface area contributed by atoms with Gasteiger partial charge in [0.1, 0.15) is 11.5 Å². The molecule has 63 heavy (non-hydrogen) atoms. The fourth-order valence-electron chi connectivity index (χ4n) is 7.85. The van der Waals surface area contributed by atoms with Crippen molar-refractivity contribution >= 4 is 57.1 Å². The first-order valence-electron chi connectivity index (χ1n) is 27.4. The summed E-state index contributed by atoms with van der Waals surface area (Å²) >= 11 is 4.82. The second-order valence-electron chi connectivity index (χ2n) is 18.4. The molecule has 0 amide bonds. The van der Waals surface area contributed by atoms with Crippen LogP contribution < -0.4 is 9.79 Å². The van der Waals surface area contributed by atoms with E-state index in [1.807, 2.05) is 0 Å². The maximum absolute atomic E-state index is 12.1. The summed E-state index contributed by atoms with van der Waals surface area (Å²) < 4.78 is 24.3. The zero-order valence-electron chi connectivity index (χ0n) is 42.8. The molecule has 4 nitrogen and oxygen atoms in total. The van der Waals surface area contributed by atoms with Crippen molar-refractivity contribution in [1.82, 2.24) is 0 Å². The predicted molar refractivity (Wildman–Crippen MR) is 291 cm³/mol. The Morgan fingerprint density at radius 1 is 0.238 bits per heavy atom. The van der Waals surface area contributed by atoms with E-state index in [1.165, 1.54) is 302 Å². The minimum atomic E-state index is -3.27. The van der Waals surface area contributed by atoms with Crippen LogP contribution in [-0.2, 0) is 28.6 Å². The molecule has 0 saturated heterocycles. The second-order valence-corrected chi connectivity index (χ2v) is 33.1. The summed E-state index contributed by atoms with van der Waals surface area (Å²) in [6.45, 7) is 9.06. The van der Waals surface area contributed by atoms with Gasteiger partial charge in [-0.2, -0.15) is 0 Å². The maximum atomic E-state index is 12.1. The van der Waals surface area contributed by atoms with Crippen LogP contribution in [0.1, 0.15) is 310 Å². The molecule has 0 heterocycles. The van der Waals surface area contributed by atoms with Crippen molar-refractivity contribution in [2.24, 2.45) is 0 Å². The van der Waals surface area contributed by atoms with Crippen molar-refractivity contribution in [2.45, 2.75) is 310 Å². The van der Waals surface area contributed by atoms with Crippen LogP contribution in [0.25, 0.3) is 0 Å². The van der Waals surface area contributed by atoms with Gasteiger partial charge in [-0.3, -0.25) is 0 Å². The second kappa shape index (κ2) is 58.7. The van der Waals surface area contributed by atoms with Crippen molar-refractivity contribution in [1.29, 1.82) is 0 Å². The molecule has 0 radical (unpaired) electrons. The minimum Gasteiger partial charge on any atom is -0.784 e. The van der Waals surface area contributed by atoms with Crippen LogP contribution in [0.2, 0.25) is 0 Å². The van der Waals surface area contributed by atoms with Gasteiger partial charge in [-0.05, 0) is 25.7 Å². The maximum Gasteiger partial charge on any atom is 2.00 e. The van der Waals surface area contributed by atoms with Gasteiger partial charge < -0.3 is 18.9 Å². The summed E-state index contributed by atoms with van der Waals surface area (Å²) in [6.07, 6.45) is 57.9. The Balaban J connectivity index is -0.00000112. The summed E-state index contributed by atoms with van der Waals surface area (Å²) in [5.74, 6) is -3.41. The largest absolute Gasteiger partial charge is 2.00 e. The zero-order chi connectivity index (χ0) is 45.8. The van der Waals surface area contributed by atoms with Crippen LogP contribution in [0, 0.1) is 0 Å². The molecule has 0 aromatic rings. The van der Waals surface area contributed by atoms with Gasteiger partial charge in [-0.25, -0.2) is 0 Å². The Morgan fingerprint density at radius 3 is 0.476 bits per heavy atom. The SMILES string of the molecule is CCCCCCCCCCCCCSP(=O)([O-])SCCCCCCCCCCCCC.CCCCCCCCCCCCCSP(=O)([O-])SCCCCCCCCCCCCC.[Zn+2]. The van der Waals surface area contributed by atoms with E-state index in [2.05, 4.69) is 27.7 Å². The van der Waals surface area contributed by atoms with Gasteiger partial charge in [0.05, 0.1) is 0 Å². The standard InChI is InChI=1S/2C26H55O2PS2.Zn/c2*1-3-5-7-9-11-13-15-17-19-21-23-25-30-29(27,28)31-26-24-22-20-18-16-14-12-10-8-6-4-2;/h2*3-26H2,1-2H3,(H,27,28);/q;;+2/p-2. The van der Waals surface area contributed by atoms with E-state index in [-0.39, 0.29) is 19.5 Å². The number of hydrogen-bond donors (Lipinski definition) is 0. The predicted octanol–water partition coefficient (Wildman–Crippen LogP) is 21.1. The van der Waals surface area contributed by atoms with Crippen LogP contribution in [0.5, 0.6) is 0 Å². The summed E-state index contributed by atoms with van der Waals surface area (Å²) in [4.78, 5) is 24.3. The van der Waals surface area contributed by atoms with Gasteiger partial charge in [-0.15, -0.1) is 45.5 Å². The van der Waals surface area contributed by atoms with Crippen LogP contribution in [0.3, 0.4) is 0 Å². The molecule has 0 aromatic carbocycles. The molecule has 376 valence electrons. The van der Waals surface area contributed by atoms with Crippen molar-refractivity contribution in [2.75, 3.05) is 23.0 Å². The molecule has 0 rings (SSSR count). The first kappa shape index (κ1) is 69.7. The Morgan fingerprint density at radius 2 is 0.349 bits per heavy atom.